The average Bonchev–Trinajstić information content (AvgIpc) is 3.24. The fourth-order valence-electron chi connectivity index (χ4n) is 3.37. The molecule has 0 aliphatic carbocycles. The van der Waals surface area contributed by atoms with Crippen molar-refractivity contribution in [2.24, 2.45) is 0 Å². The first-order valence-electron chi connectivity index (χ1n) is 8.35. The molecule has 4 rings (SSSR count). The number of hydrogen-bond donors (Lipinski definition) is 3. The van der Waals surface area contributed by atoms with E-state index in [1.807, 2.05) is 6.08 Å². The number of halogens is 3. The number of nitrogens with zero attached hydrogens (tertiary/aromatic N) is 1. The largest absolute Gasteiger partial charge is 0.419 e. The van der Waals surface area contributed by atoms with Crippen LogP contribution in [0, 0.1) is 0 Å². The lowest BCUT2D eigenvalue weighted by atomic mass is 10.1. The number of rotatable bonds is 3. The Balaban J connectivity index is 1.80. The van der Waals surface area contributed by atoms with E-state index < -0.39 is 11.7 Å². The van der Waals surface area contributed by atoms with Gasteiger partial charge in [0.25, 0.3) is 0 Å². The second-order valence-electron chi connectivity index (χ2n) is 6.38. The molecular formula is C17H19F3N4O. The van der Waals surface area contributed by atoms with Gasteiger partial charge in [-0.15, -0.1) is 0 Å². The molecule has 0 saturated carbocycles. The Labute approximate surface area is 142 Å². The van der Waals surface area contributed by atoms with Gasteiger partial charge >= 0.3 is 6.18 Å². The van der Waals surface area contributed by atoms with Crippen LogP contribution in [0.3, 0.4) is 0 Å². The monoisotopic (exact) mass is 352 g/mol. The fourth-order valence-corrected chi connectivity index (χ4v) is 3.37. The van der Waals surface area contributed by atoms with Crippen molar-refractivity contribution < 1.29 is 17.9 Å². The summed E-state index contributed by atoms with van der Waals surface area (Å²) in [4.78, 5) is 7.16. The summed E-state index contributed by atoms with van der Waals surface area (Å²) in [5, 5.41) is 6.73. The molecule has 1 atom stereocenters. The highest BCUT2D eigenvalue weighted by atomic mass is 19.4. The van der Waals surface area contributed by atoms with E-state index in [4.69, 9.17) is 4.74 Å². The minimum atomic E-state index is -4.45. The van der Waals surface area contributed by atoms with Crippen LogP contribution in [0.25, 0.3) is 16.6 Å². The zero-order valence-electron chi connectivity index (χ0n) is 13.5. The standard InChI is InChI=1S/C17H19F3N4O/c18-17(19,20)13-9-22-16-12(15(13)23-11-1-4-21-8-11)7-14(24-16)10-2-5-25-6-3-10/h2,7,9,11,21H,1,3-6,8H2,(H2,22,23,24). The second kappa shape index (κ2) is 6.34. The molecule has 8 heteroatoms. The Morgan fingerprint density at radius 1 is 1.32 bits per heavy atom. The van der Waals surface area contributed by atoms with Crippen molar-refractivity contribution in [2.45, 2.75) is 25.1 Å². The van der Waals surface area contributed by atoms with Gasteiger partial charge in [0.05, 0.1) is 24.5 Å². The highest BCUT2D eigenvalue weighted by Gasteiger charge is 2.36. The quantitative estimate of drug-likeness (QED) is 0.794. The lowest BCUT2D eigenvalue weighted by molar-refractivity contribution is -0.137. The molecule has 4 heterocycles. The van der Waals surface area contributed by atoms with Gasteiger partial charge in [-0.25, -0.2) is 4.98 Å². The fraction of sp³-hybridized carbons (Fsp3) is 0.471. The summed E-state index contributed by atoms with van der Waals surface area (Å²) >= 11 is 0. The SMILES string of the molecule is FC(F)(F)c1cnc2[nH]c(C3=CCOCC3)cc2c1NC1CCNC1. The Kier molecular flexibility index (Phi) is 4.16. The maximum Gasteiger partial charge on any atom is 0.419 e. The third kappa shape index (κ3) is 3.23. The lowest BCUT2D eigenvalue weighted by Gasteiger charge is -2.18. The Morgan fingerprint density at radius 2 is 2.20 bits per heavy atom. The summed E-state index contributed by atoms with van der Waals surface area (Å²) in [6.45, 7) is 2.59. The summed E-state index contributed by atoms with van der Waals surface area (Å²) in [5.74, 6) is 0. The van der Waals surface area contributed by atoms with Crippen LogP contribution >= 0.6 is 0 Å². The summed E-state index contributed by atoms with van der Waals surface area (Å²) in [7, 11) is 0. The number of aromatic amines is 1. The van der Waals surface area contributed by atoms with Crippen molar-refractivity contribution in [1.29, 1.82) is 0 Å². The van der Waals surface area contributed by atoms with E-state index in [-0.39, 0.29) is 11.7 Å². The van der Waals surface area contributed by atoms with Crippen molar-refractivity contribution in [1.82, 2.24) is 15.3 Å². The predicted molar refractivity (Wildman–Crippen MR) is 89.4 cm³/mol. The molecule has 0 bridgehead atoms. The number of fused-ring (bicyclic) bond motifs is 1. The molecule has 2 aromatic rings. The summed E-state index contributed by atoms with van der Waals surface area (Å²) in [6.07, 6.45) is -0.0708. The molecule has 0 spiro atoms. The molecule has 2 aliphatic heterocycles. The van der Waals surface area contributed by atoms with E-state index >= 15 is 0 Å². The van der Waals surface area contributed by atoms with Crippen LogP contribution in [-0.2, 0) is 10.9 Å². The van der Waals surface area contributed by atoms with Crippen molar-refractivity contribution >= 4 is 22.3 Å². The minimum absolute atomic E-state index is 0.0210. The maximum atomic E-state index is 13.5. The number of aromatic nitrogens is 2. The minimum Gasteiger partial charge on any atom is -0.380 e. The van der Waals surface area contributed by atoms with Gasteiger partial charge < -0.3 is 20.4 Å². The molecule has 1 saturated heterocycles. The third-order valence-electron chi connectivity index (χ3n) is 4.68. The molecule has 25 heavy (non-hydrogen) atoms. The maximum absolute atomic E-state index is 13.5. The van der Waals surface area contributed by atoms with Crippen LogP contribution in [0.2, 0.25) is 0 Å². The molecular weight excluding hydrogens is 333 g/mol. The first kappa shape index (κ1) is 16.4. The number of alkyl halides is 3. The zero-order chi connectivity index (χ0) is 17.4. The number of anilines is 1. The highest BCUT2D eigenvalue weighted by molar-refractivity contribution is 5.94. The Bertz CT molecular complexity index is 806. The van der Waals surface area contributed by atoms with Gasteiger partial charge in [0.1, 0.15) is 5.65 Å². The van der Waals surface area contributed by atoms with Crippen LogP contribution < -0.4 is 10.6 Å². The Hall–Kier alpha value is -2.06. The number of ether oxygens (including phenoxy) is 1. The number of hydrogen-bond acceptors (Lipinski definition) is 4. The highest BCUT2D eigenvalue weighted by Crippen LogP contribution is 2.39. The van der Waals surface area contributed by atoms with E-state index in [1.165, 1.54) is 0 Å². The molecule has 0 amide bonds. The first-order valence-corrected chi connectivity index (χ1v) is 8.35. The lowest BCUT2D eigenvalue weighted by Crippen LogP contribution is -2.24. The summed E-state index contributed by atoms with van der Waals surface area (Å²) in [6, 6.07) is 1.74. The van der Waals surface area contributed by atoms with Gasteiger partial charge in [-0.1, -0.05) is 6.08 Å². The molecule has 2 aliphatic rings. The van der Waals surface area contributed by atoms with Gasteiger partial charge in [0.15, 0.2) is 0 Å². The molecule has 1 unspecified atom stereocenters. The van der Waals surface area contributed by atoms with Crippen LogP contribution in [-0.4, -0.2) is 42.3 Å². The van der Waals surface area contributed by atoms with Crippen molar-refractivity contribution in [3.05, 3.63) is 29.6 Å². The molecule has 5 nitrogen and oxygen atoms in total. The normalized spacial score (nSPS) is 21.6. The predicted octanol–water partition coefficient (Wildman–Crippen LogP) is 3.16. The van der Waals surface area contributed by atoms with Crippen LogP contribution in [0.5, 0.6) is 0 Å². The topological polar surface area (TPSA) is 62.0 Å². The van der Waals surface area contributed by atoms with Crippen molar-refractivity contribution in [3.8, 4) is 0 Å². The molecule has 2 aromatic heterocycles. The molecule has 0 aromatic carbocycles. The average molecular weight is 352 g/mol. The summed E-state index contributed by atoms with van der Waals surface area (Å²) < 4.78 is 45.7. The van der Waals surface area contributed by atoms with E-state index in [2.05, 4.69) is 20.6 Å². The molecule has 0 radical (unpaired) electrons. The third-order valence-corrected chi connectivity index (χ3v) is 4.68. The molecule has 3 N–H and O–H groups in total. The second-order valence-corrected chi connectivity index (χ2v) is 6.38. The summed E-state index contributed by atoms with van der Waals surface area (Å²) in [5.41, 5.74) is 1.70. The van der Waals surface area contributed by atoms with Gasteiger partial charge in [0.2, 0.25) is 0 Å². The molecule has 134 valence electrons. The number of H-pyrrole nitrogens is 1. The number of pyridine rings is 1. The van der Waals surface area contributed by atoms with E-state index in [0.29, 0.717) is 30.8 Å². The van der Waals surface area contributed by atoms with Gasteiger partial charge in [-0.3, -0.25) is 0 Å². The van der Waals surface area contributed by atoms with Gasteiger partial charge in [0, 0.05) is 29.9 Å². The van der Waals surface area contributed by atoms with Crippen LogP contribution in [0.4, 0.5) is 18.9 Å². The Morgan fingerprint density at radius 3 is 2.88 bits per heavy atom. The van der Waals surface area contributed by atoms with Gasteiger partial charge in [-0.05, 0) is 31.0 Å². The van der Waals surface area contributed by atoms with E-state index in [9.17, 15) is 13.2 Å². The van der Waals surface area contributed by atoms with E-state index in [1.54, 1.807) is 6.07 Å². The van der Waals surface area contributed by atoms with Crippen molar-refractivity contribution in [2.75, 3.05) is 31.6 Å². The molecule has 1 fully saturated rings. The van der Waals surface area contributed by atoms with Gasteiger partial charge in [-0.2, -0.15) is 13.2 Å². The number of nitrogens with one attached hydrogen (secondary N) is 3. The van der Waals surface area contributed by atoms with E-state index in [0.717, 1.165) is 36.9 Å². The smallest absolute Gasteiger partial charge is 0.380 e. The van der Waals surface area contributed by atoms with Crippen LogP contribution in [0.1, 0.15) is 24.1 Å². The zero-order valence-corrected chi connectivity index (χ0v) is 13.5. The first-order chi connectivity index (χ1) is 12.0. The van der Waals surface area contributed by atoms with Crippen LogP contribution in [0.15, 0.2) is 18.3 Å². The van der Waals surface area contributed by atoms with Crippen molar-refractivity contribution in [3.63, 3.8) is 0 Å².